The Bertz CT molecular complexity index is 1290. The third kappa shape index (κ3) is 9.08. The summed E-state index contributed by atoms with van der Waals surface area (Å²) in [5.41, 5.74) is 7.50. The molecule has 2 aliphatic heterocycles. The van der Waals surface area contributed by atoms with Crippen molar-refractivity contribution in [1.29, 1.82) is 0 Å². The zero-order valence-corrected chi connectivity index (χ0v) is 27.8. The molecular formula is C33H46Cl2FN5O3. The molecule has 3 amide bonds. The molecule has 4 rings (SSSR count). The van der Waals surface area contributed by atoms with Crippen LogP contribution in [0, 0.1) is 11.7 Å². The highest BCUT2D eigenvalue weighted by atomic mass is 35.5. The summed E-state index contributed by atoms with van der Waals surface area (Å²) in [6.45, 7) is 10.4. The van der Waals surface area contributed by atoms with Crippen molar-refractivity contribution < 1.29 is 18.8 Å². The van der Waals surface area contributed by atoms with Crippen molar-refractivity contribution in [3.8, 4) is 0 Å². The van der Waals surface area contributed by atoms with Crippen LogP contribution in [-0.4, -0.2) is 72.8 Å². The lowest BCUT2D eigenvalue weighted by molar-refractivity contribution is -0.143. The van der Waals surface area contributed by atoms with E-state index in [-0.39, 0.29) is 54.9 Å². The number of carbonyl (C=O) groups excluding carboxylic acids is 3. The highest BCUT2D eigenvalue weighted by molar-refractivity contribution is 6.35. The Labute approximate surface area is 271 Å². The highest BCUT2D eigenvalue weighted by Crippen LogP contribution is 2.34. The molecule has 44 heavy (non-hydrogen) atoms. The third-order valence-corrected chi connectivity index (χ3v) is 8.50. The van der Waals surface area contributed by atoms with Gasteiger partial charge in [-0.2, -0.15) is 0 Å². The van der Waals surface area contributed by atoms with Gasteiger partial charge in [0.05, 0.1) is 11.7 Å². The van der Waals surface area contributed by atoms with Crippen molar-refractivity contribution in [2.75, 3.05) is 44.2 Å². The second-order valence-electron chi connectivity index (χ2n) is 11.4. The predicted octanol–water partition coefficient (Wildman–Crippen LogP) is 5.59. The number of piperazine rings is 1. The number of carbonyl (C=O) groups is 3. The molecule has 2 aliphatic rings. The second-order valence-corrected chi connectivity index (χ2v) is 12.3. The minimum absolute atomic E-state index is 0.0408. The lowest BCUT2D eigenvalue weighted by Gasteiger charge is -2.40. The fraction of sp³-hybridized carbons (Fsp3) is 0.545. The van der Waals surface area contributed by atoms with E-state index < -0.39 is 6.04 Å². The first-order valence-electron chi connectivity index (χ1n) is 15.6. The maximum absolute atomic E-state index is 15.4. The number of hydrogen-bond donors (Lipinski definition) is 2. The van der Waals surface area contributed by atoms with Crippen LogP contribution < -0.4 is 16.0 Å². The number of nitrogens with one attached hydrogen (secondary N) is 1. The molecule has 0 bridgehead atoms. The van der Waals surface area contributed by atoms with Crippen molar-refractivity contribution in [1.82, 2.24) is 15.1 Å². The van der Waals surface area contributed by atoms with E-state index in [4.69, 9.17) is 28.9 Å². The molecule has 2 aromatic carbocycles. The predicted molar refractivity (Wildman–Crippen MR) is 175 cm³/mol. The molecule has 0 saturated carbocycles. The molecule has 0 spiro atoms. The molecule has 2 aromatic rings. The molecule has 2 atom stereocenters. The average molecular weight is 651 g/mol. The summed E-state index contributed by atoms with van der Waals surface area (Å²) < 4.78 is 15.4. The number of likely N-dealkylation sites (tertiary alicyclic amines) is 1. The normalized spacial score (nSPS) is 16.5. The van der Waals surface area contributed by atoms with Gasteiger partial charge < -0.3 is 25.8 Å². The fourth-order valence-corrected chi connectivity index (χ4v) is 6.35. The lowest BCUT2D eigenvalue weighted by atomic mass is 9.94. The number of benzene rings is 2. The van der Waals surface area contributed by atoms with Gasteiger partial charge in [0.25, 0.3) is 0 Å². The van der Waals surface area contributed by atoms with Gasteiger partial charge in [-0.1, -0.05) is 69.1 Å². The molecule has 3 N–H and O–H groups in total. The molecule has 0 aliphatic carbocycles. The Hall–Kier alpha value is -2.88. The van der Waals surface area contributed by atoms with Crippen LogP contribution in [0.3, 0.4) is 0 Å². The number of nitrogens with two attached hydrogens (primary N) is 1. The quantitative estimate of drug-likeness (QED) is 0.331. The standard InChI is InChI=1S/C31H40Cl2FN5O3.C2H6/c1-20(2)17-26(36-28(40)10-11-35)23-5-3-6-25(34)30(23)37-13-15-38(16-14-37)31(42)27(39-12-4-7-29(39)41)18-21-8-9-22(32)19-24(21)33;1-2/h3,5-6,8-9,19-20,26-27H,4,7,10-18,35H2,1-2H3,(H,36,40);1-2H3. The van der Waals surface area contributed by atoms with Gasteiger partial charge in [0.1, 0.15) is 11.9 Å². The summed E-state index contributed by atoms with van der Waals surface area (Å²) >= 11 is 12.5. The maximum atomic E-state index is 15.4. The van der Waals surface area contributed by atoms with E-state index in [1.54, 1.807) is 34.1 Å². The molecule has 0 aromatic heterocycles. The largest absolute Gasteiger partial charge is 0.365 e. The van der Waals surface area contributed by atoms with E-state index in [9.17, 15) is 14.4 Å². The Morgan fingerprint density at radius 2 is 1.75 bits per heavy atom. The van der Waals surface area contributed by atoms with Crippen molar-refractivity contribution in [2.45, 2.75) is 71.9 Å². The number of nitrogens with zero attached hydrogens (tertiary/aromatic N) is 3. The average Bonchev–Trinajstić information content (AvgIpc) is 3.42. The van der Waals surface area contributed by atoms with E-state index in [1.807, 2.05) is 24.8 Å². The van der Waals surface area contributed by atoms with Gasteiger partial charge in [0.15, 0.2) is 0 Å². The first-order valence-corrected chi connectivity index (χ1v) is 16.4. The van der Waals surface area contributed by atoms with E-state index in [1.165, 1.54) is 6.07 Å². The molecule has 2 saturated heterocycles. The Balaban J connectivity index is 0.00000259. The molecule has 2 unspecified atom stereocenters. The van der Waals surface area contributed by atoms with E-state index in [2.05, 4.69) is 19.2 Å². The minimum atomic E-state index is -0.678. The van der Waals surface area contributed by atoms with Gasteiger partial charge in [-0.25, -0.2) is 4.39 Å². The molecule has 2 heterocycles. The summed E-state index contributed by atoms with van der Waals surface area (Å²) in [4.78, 5) is 44.5. The first kappa shape index (κ1) is 35.6. The summed E-state index contributed by atoms with van der Waals surface area (Å²) in [7, 11) is 0. The number of anilines is 1. The second kappa shape index (κ2) is 17.0. The topological polar surface area (TPSA) is 99.0 Å². The molecule has 8 nitrogen and oxygen atoms in total. The van der Waals surface area contributed by atoms with Crippen LogP contribution in [0.5, 0.6) is 0 Å². The summed E-state index contributed by atoms with van der Waals surface area (Å²) in [5, 5.41) is 4.01. The molecule has 2 fully saturated rings. The van der Waals surface area contributed by atoms with Crippen LogP contribution in [0.4, 0.5) is 10.1 Å². The van der Waals surface area contributed by atoms with Gasteiger partial charge in [-0.05, 0) is 42.5 Å². The van der Waals surface area contributed by atoms with Gasteiger partial charge in [-0.15, -0.1) is 0 Å². The van der Waals surface area contributed by atoms with Gasteiger partial charge in [0.2, 0.25) is 17.7 Å². The number of hydrogen-bond acceptors (Lipinski definition) is 5. The van der Waals surface area contributed by atoms with Crippen LogP contribution in [0.1, 0.15) is 70.5 Å². The van der Waals surface area contributed by atoms with Crippen molar-refractivity contribution in [3.05, 3.63) is 63.4 Å². The molecule has 11 heteroatoms. The number of para-hydroxylation sites is 1. The van der Waals surface area contributed by atoms with E-state index in [0.29, 0.717) is 73.3 Å². The SMILES string of the molecule is CC.CC(C)CC(NC(=O)CCN)c1cccc(F)c1N1CCN(C(=O)C(Cc2ccc(Cl)cc2Cl)N2CCCC2=O)CC1. The highest BCUT2D eigenvalue weighted by Gasteiger charge is 2.37. The van der Waals surface area contributed by atoms with Crippen LogP contribution >= 0.6 is 23.2 Å². The van der Waals surface area contributed by atoms with Gasteiger partial charge in [0, 0.05) is 74.1 Å². The first-order chi connectivity index (χ1) is 21.1. The number of halogens is 3. The zero-order valence-electron chi connectivity index (χ0n) is 26.3. The van der Waals surface area contributed by atoms with Gasteiger partial charge >= 0.3 is 0 Å². The summed E-state index contributed by atoms with van der Waals surface area (Å²) in [6, 6.07) is 9.06. The van der Waals surface area contributed by atoms with Crippen LogP contribution in [0.15, 0.2) is 36.4 Å². The minimum Gasteiger partial charge on any atom is -0.365 e. The van der Waals surface area contributed by atoms with Crippen LogP contribution in [0.25, 0.3) is 0 Å². The number of rotatable bonds is 11. The van der Waals surface area contributed by atoms with E-state index in [0.717, 1.165) is 5.56 Å². The van der Waals surface area contributed by atoms with Crippen LogP contribution in [0.2, 0.25) is 10.0 Å². The molecular weight excluding hydrogens is 604 g/mol. The van der Waals surface area contributed by atoms with E-state index >= 15 is 4.39 Å². The van der Waals surface area contributed by atoms with Crippen molar-refractivity contribution in [3.63, 3.8) is 0 Å². The van der Waals surface area contributed by atoms with Crippen LogP contribution in [-0.2, 0) is 20.8 Å². The smallest absolute Gasteiger partial charge is 0.245 e. The fourth-order valence-electron chi connectivity index (χ4n) is 5.87. The third-order valence-electron chi connectivity index (χ3n) is 7.91. The number of amides is 3. The summed E-state index contributed by atoms with van der Waals surface area (Å²) in [6.07, 6.45) is 2.26. The Kier molecular flexibility index (Phi) is 13.7. The molecule has 242 valence electrons. The van der Waals surface area contributed by atoms with Gasteiger partial charge in [-0.3, -0.25) is 14.4 Å². The molecule has 0 radical (unpaired) electrons. The monoisotopic (exact) mass is 649 g/mol. The maximum Gasteiger partial charge on any atom is 0.245 e. The van der Waals surface area contributed by atoms with Crippen molar-refractivity contribution in [2.24, 2.45) is 11.7 Å². The Morgan fingerprint density at radius 3 is 2.34 bits per heavy atom. The summed E-state index contributed by atoms with van der Waals surface area (Å²) in [5.74, 6) is -0.459. The Morgan fingerprint density at radius 1 is 1.05 bits per heavy atom. The zero-order chi connectivity index (χ0) is 32.4. The lowest BCUT2D eigenvalue weighted by Crippen LogP contribution is -2.56. The van der Waals surface area contributed by atoms with Crippen molar-refractivity contribution >= 4 is 46.6 Å².